The first kappa shape index (κ1) is 20.7. The molecular formula is C23H21FN4O2S. The lowest BCUT2D eigenvalue weighted by molar-refractivity contribution is 0.0954. The fourth-order valence-corrected chi connectivity index (χ4v) is 3.90. The number of halogens is 1. The van der Waals surface area contributed by atoms with Gasteiger partial charge in [0, 0.05) is 12.7 Å². The number of ether oxygens (including phenoxy) is 1. The number of aromatic nitrogens is 3. The molecule has 4 aromatic rings. The average Bonchev–Trinajstić information content (AvgIpc) is 3.40. The standard InChI is InChI=1S/C23H21FN4O2S/c1-16-21(22(29)25-15-17-7-9-18(24)10-8-17)31-23(26-16)20-11-12-28(27-20)13-14-30-19-5-3-2-4-6-19/h2-12H,13-15H2,1H3,(H,25,29). The van der Waals surface area contributed by atoms with Crippen molar-refractivity contribution in [3.8, 4) is 16.5 Å². The van der Waals surface area contributed by atoms with Crippen molar-refractivity contribution in [3.05, 3.63) is 88.8 Å². The van der Waals surface area contributed by atoms with Crippen LogP contribution in [0.25, 0.3) is 10.7 Å². The van der Waals surface area contributed by atoms with Crippen molar-refractivity contribution in [1.29, 1.82) is 0 Å². The minimum absolute atomic E-state index is 0.207. The molecule has 0 aliphatic carbocycles. The molecule has 0 spiro atoms. The Bertz CT molecular complexity index is 1160. The molecule has 1 amide bonds. The Morgan fingerprint density at radius 3 is 2.68 bits per heavy atom. The third-order valence-corrected chi connectivity index (χ3v) is 5.74. The predicted octanol–water partition coefficient (Wildman–Crippen LogP) is 4.46. The summed E-state index contributed by atoms with van der Waals surface area (Å²) in [7, 11) is 0. The van der Waals surface area contributed by atoms with Crippen molar-refractivity contribution in [2.45, 2.75) is 20.0 Å². The zero-order valence-electron chi connectivity index (χ0n) is 16.9. The van der Waals surface area contributed by atoms with Crippen molar-refractivity contribution in [3.63, 3.8) is 0 Å². The minimum Gasteiger partial charge on any atom is -0.492 e. The molecule has 1 N–H and O–H groups in total. The number of hydrogen-bond acceptors (Lipinski definition) is 5. The lowest BCUT2D eigenvalue weighted by Gasteiger charge is -2.05. The number of nitrogens with one attached hydrogen (secondary N) is 1. The Labute approximate surface area is 183 Å². The van der Waals surface area contributed by atoms with Crippen LogP contribution >= 0.6 is 11.3 Å². The molecular weight excluding hydrogens is 415 g/mol. The summed E-state index contributed by atoms with van der Waals surface area (Å²) in [6, 6.07) is 17.5. The molecule has 2 aromatic carbocycles. The molecule has 0 fully saturated rings. The molecule has 0 saturated carbocycles. The van der Waals surface area contributed by atoms with E-state index in [-0.39, 0.29) is 11.7 Å². The van der Waals surface area contributed by atoms with Gasteiger partial charge in [0.15, 0.2) is 0 Å². The number of aryl methyl sites for hydroxylation is 1. The summed E-state index contributed by atoms with van der Waals surface area (Å²) in [5.41, 5.74) is 2.19. The third-order valence-electron chi connectivity index (χ3n) is 4.56. The zero-order chi connectivity index (χ0) is 21.6. The Morgan fingerprint density at radius 1 is 1.13 bits per heavy atom. The fraction of sp³-hybridized carbons (Fsp3) is 0.174. The van der Waals surface area contributed by atoms with E-state index in [4.69, 9.17) is 4.74 Å². The van der Waals surface area contributed by atoms with E-state index < -0.39 is 0 Å². The number of para-hydroxylation sites is 1. The van der Waals surface area contributed by atoms with Crippen molar-refractivity contribution in [2.24, 2.45) is 0 Å². The van der Waals surface area contributed by atoms with E-state index in [1.54, 1.807) is 23.7 Å². The van der Waals surface area contributed by atoms with Crippen LogP contribution in [0.3, 0.4) is 0 Å². The van der Waals surface area contributed by atoms with Crippen molar-refractivity contribution in [1.82, 2.24) is 20.1 Å². The van der Waals surface area contributed by atoms with Gasteiger partial charge in [0.1, 0.15) is 33.8 Å². The summed E-state index contributed by atoms with van der Waals surface area (Å²) < 4.78 is 20.5. The van der Waals surface area contributed by atoms with Crippen molar-refractivity contribution in [2.75, 3.05) is 6.61 Å². The van der Waals surface area contributed by atoms with Gasteiger partial charge < -0.3 is 10.1 Å². The van der Waals surface area contributed by atoms with Gasteiger partial charge in [-0.1, -0.05) is 30.3 Å². The molecule has 0 atom stereocenters. The van der Waals surface area contributed by atoms with E-state index in [1.807, 2.05) is 42.6 Å². The number of carbonyl (C=O) groups excluding carboxylic acids is 1. The lowest BCUT2D eigenvalue weighted by atomic mass is 10.2. The van der Waals surface area contributed by atoms with Crippen molar-refractivity contribution < 1.29 is 13.9 Å². The highest BCUT2D eigenvalue weighted by atomic mass is 32.1. The average molecular weight is 437 g/mol. The third kappa shape index (κ3) is 5.35. The monoisotopic (exact) mass is 436 g/mol. The first-order chi connectivity index (χ1) is 15.1. The van der Waals surface area contributed by atoms with Crippen LogP contribution in [0.2, 0.25) is 0 Å². The van der Waals surface area contributed by atoms with Crippen LogP contribution in [-0.2, 0) is 13.1 Å². The van der Waals surface area contributed by atoms with Gasteiger partial charge >= 0.3 is 0 Å². The molecule has 31 heavy (non-hydrogen) atoms. The summed E-state index contributed by atoms with van der Waals surface area (Å²) in [5.74, 6) is 0.312. The summed E-state index contributed by atoms with van der Waals surface area (Å²) in [6.45, 7) is 3.22. The number of benzene rings is 2. The Balaban J connectivity index is 1.35. The Morgan fingerprint density at radius 2 is 1.90 bits per heavy atom. The summed E-state index contributed by atoms with van der Waals surface area (Å²) in [4.78, 5) is 17.6. The topological polar surface area (TPSA) is 69.0 Å². The van der Waals surface area contributed by atoms with Gasteiger partial charge in [-0.15, -0.1) is 11.3 Å². The Hall–Kier alpha value is -3.52. The Kier molecular flexibility index (Phi) is 6.37. The molecule has 8 heteroatoms. The van der Waals surface area contributed by atoms with E-state index in [1.165, 1.54) is 23.5 Å². The van der Waals surface area contributed by atoms with E-state index >= 15 is 0 Å². The first-order valence-electron chi connectivity index (χ1n) is 9.80. The summed E-state index contributed by atoms with van der Waals surface area (Å²) in [6.07, 6.45) is 1.87. The lowest BCUT2D eigenvalue weighted by Crippen LogP contribution is -2.22. The number of nitrogens with zero attached hydrogens (tertiary/aromatic N) is 3. The zero-order valence-corrected chi connectivity index (χ0v) is 17.7. The van der Waals surface area contributed by atoms with E-state index in [0.717, 1.165) is 11.3 Å². The second-order valence-corrected chi connectivity index (χ2v) is 7.87. The van der Waals surface area contributed by atoms with Gasteiger partial charge in [-0.3, -0.25) is 9.48 Å². The first-order valence-corrected chi connectivity index (χ1v) is 10.6. The highest BCUT2D eigenvalue weighted by molar-refractivity contribution is 7.17. The van der Waals surface area contributed by atoms with Gasteiger partial charge in [-0.05, 0) is 42.8 Å². The molecule has 0 saturated heterocycles. The molecule has 4 rings (SSSR count). The van der Waals surface area contributed by atoms with Crippen molar-refractivity contribution >= 4 is 17.2 Å². The SMILES string of the molecule is Cc1nc(-c2ccn(CCOc3ccccc3)n2)sc1C(=O)NCc1ccc(F)cc1. The number of amides is 1. The van der Waals surface area contributed by atoms with E-state index in [0.29, 0.717) is 41.0 Å². The normalized spacial score (nSPS) is 10.8. The molecule has 0 radical (unpaired) electrons. The van der Waals surface area contributed by atoms with Crippen LogP contribution in [-0.4, -0.2) is 27.3 Å². The van der Waals surface area contributed by atoms with E-state index in [9.17, 15) is 9.18 Å². The molecule has 158 valence electrons. The van der Waals surface area contributed by atoms with Crippen LogP contribution in [0.1, 0.15) is 20.9 Å². The van der Waals surface area contributed by atoms with Gasteiger partial charge in [0.2, 0.25) is 0 Å². The molecule has 0 unspecified atom stereocenters. The molecule has 2 heterocycles. The number of hydrogen-bond donors (Lipinski definition) is 1. The number of carbonyl (C=O) groups is 1. The van der Waals surface area contributed by atoms with Crippen LogP contribution < -0.4 is 10.1 Å². The molecule has 2 aromatic heterocycles. The second-order valence-electron chi connectivity index (χ2n) is 6.87. The smallest absolute Gasteiger partial charge is 0.263 e. The fourth-order valence-electron chi connectivity index (χ4n) is 2.96. The van der Waals surface area contributed by atoms with E-state index in [2.05, 4.69) is 15.4 Å². The highest BCUT2D eigenvalue weighted by Gasteiger charge is 2.17. The van der Waals surface area contributed by atoms with Gasteiger partial charge in [0.05, 0.1) is 12.2 Å². The maximum absolute atomic E-state index is 13.0. The molecule has 0 bridgehead atoms. The molecule has 0 aliphatic rings. The van der Waals surface area contributed by atoms with Gasteiger partial charge in [-0.2, -0.15) is 5.10 Å². The highest BCUT2D eigenvalue weighted by Crippen LogP contribution is 2.26. The summed E-state index contributed by atoms with van der Waals surface area (Å²) in [5, 5.41) is 8.09. The molecule has 6 nitrogen and oxygen atoms in total. The number of thiazole rings is 1. The second kappa shape index (κ2) is 9.53. The maximum atomic E-state index is 13.0. The summed E-state index contributed by atoms with van der Waals surface area (Å²) >= 11 is 1.30. The van der Waals surface area contributed by atoms with Crippen LogP contribution in [0.4, 0.5) is 4.39 Å². The van der Waals surface area contributed by atoms with Crippen LogP contribution in [0, 0.1) is 12.7 Å². The quantitative estimate of drug-likeness (QED) is 0.443. The van der Waals surface area contributed by atoms with Gasteiger partial charge in [-0.25, -0.2) is 9.37 Å². The van der Waals surface area contributed by atoms with Crippen LogP contribution in [0.5, 0.6) is 5.75 Å². The molecule has 0 aliphatic heterocycles. The minimum atomic E-state index is -0.302. The van der Waals surface area contributed by atoms with Gasteiger partial charge in [0.25, 0.3) is 5.91 Å². The predicted molar refractivity (Wildman–Crippen MR) is 118 cm³/mol. The number of rotatable bonds is 8. The maximum Gasteiger partial charge on any atom is 0.263 e. The largest absolute Gasteiger partial charge is 0.492 e. The van der Waals surface area contributed by atoms with Crippen LogP contribution in [0.15, 0.2) is 66.9 Å².